The van der Waals surface area contributed by atoms with E-state index in [9.17, 15) is 0 Å². The van der Waals surface area contributed by atoms with Gasteiger partial charge in [-0.3, -0.25) is 0 Å². The third-order valence-corrected chi connectivity index (χ3v) is 14.9. The van der Waals surface area contributed by atoms with Crippen LogP contribution in [0.2, 0.25) is 0 Å². The maximum atomic E-state index is 6.50. The van der Waals surface area contributed by atoms with E-state index in [-0.39, 0.29) is 5.41 Å². The predicted octanol–water partition coefficient (Wildman–Crippen LogP) is 15.0. The van der Waals surface area contributed by atoms with Gasteiger partial charge in [-0.05, 0) is 134 Å². The van der Waals surface area contributed by atoms with Crippen molar-refractivity contribution in [3.05, 3.63) is 268 Å². The Bertz CT molecular complexity index is 3600. The molecule has 66 heavy (non-hydrogen) atoms. The van der Waals surface area contributed by atoms with Gasteiger partial charge in [0, 0.05) is 38.7 Å². The minimum Gasteiger partial charge on any atom is -0.456 e. The molecule has 10 aromatic rings. The van der Waals surface area contributed by atoms with Crippen LogP contribution < -0.4 is 15.5 Å². The zero-order valence-electron chi connectivity index (χ0n) is 37.1. The Hall–Kier alpha value is -7.94. The topological polar surface area (TPSA) is 16.4 Å². The minimum atomic E-state index is -0.431. The predicted molar refractivity (Wildman–Crippen MR) is 273 cm³/mol. The fraction of sp³-hybridized carbons (Fsp3) is 0.0938. The first-order valence-electron chi connectivity index (χ1n) is 23.3. The van der Waals surface area contributed by atoms with Crippen molar-refractivity contribution in [2.45, 2.75) is 37.5 Å². The summed E-state index contributed by atoms with van der Waals surface area (Å²) in [6, 6.07) is 80.8. The molecule has 9 aromatic carbocycles. The molecule has 13 rings (SSSR count). The number of benzene rings is 9. The first-order valence-corrected chi connectivity index (χ1v) is 23.3. The number of nitrogens with zero attached hydrogens (tertiary/aromatic N) is 1. The quantitative estimate of drug-likeness (QED) is 0.166. The molecule has 0 radical (unpaired) electrons. The summed E-state index contributed by atoms with van der Waals surface area (Å²) in [6.07, 6.45) is 4.28. The summed E-state index contributed by atoms with van der Waals surface area (Å²) in [5, 5.41) is 2.41. The highest BCUT2D eigenvalue weighted by Gasteiger charge is 2.53. The van der Waals surface area contributed by atoms with E-state index in [1.165, 1.54) is 88.5 Å². The fourth-order valence-corrected chi connectivity index (χ4v) is 11.8. The highest BCUT2D eigenvalue weighted by molar-refractivity contribution is 5.91. The number of furan rings is 1. The van der Waals surface area contributed by atoms with Gasteiger partial charge in [-0.1, -0.05) is 190 Å². The first-order chi connectivity index (χ1) is 32.5. The first kappa shape index (κ1) is 38.5. The third-order valence-electron chi connectivity index (χ3n) is 14.9. The van der Waals surface area contributed by atoms with Crippen molar-refractivity contribution in [2.75, 3.05) is 4.90 Å². The van der Waals surface area contributed by atoms with Crippen LogP contribution in [0.3, 0.4) is 0 Å². The van der Waals surface area contributed by atoms with Crippen molar-refractivity contribution in [1.29, 1.82) is 0 Å². The van der Waals surface area contributed by atoms with E-state index in [0.29, 0.717) is 0 Å². The van der Waals surface area contributed by atoms with E-state index in [0.717, 1.165) is 40.9 Å². The summed E-state index contributed by atoms with van der Waals surface area (Å²) < 4.78 is 6.50. The third kappa shape index (κ3) is 5.67. The number of anilines is 3. The highest BCUT2D eigenvalue weighted by Crippen LogP contribution is 2.62. The Labute approximate surface area is 386 Å². The summed E-state index contributed by atoms with van der Waals surface area (Å²) in [5.74, 6) is 0. The zero-order chi connectivity index (χ0) is 44.0. The highest BCUT2D eigenvalue weighted by atomic mass is 16.3. The number of hydrogen-bond donors (Lipinski definition) is 0. The van der Waals surface area contributed by atoms with Crippen molar-refractivity contribution >= 4 is 39.7 Å². The van der Waals surface area contributed by atoms with E-state index in [2.05, 4.69) is 243 Å². The Kier molecular flexibility index (Phi) is 8.64. The zero-order valence-corrected chi connectivity index (χ0v) is 37.1. The van der Waals surface area contributed by atoms with Gasteiger partial charge in [-0.25, -0.2) is 0 Å². The molecule has 0 aliphatic heterocycles. The van der Waals surface area contributed by atoms with Gasteiger partial charge in [-0.15, -0.1) is 0 Å². The SMILES string of the molecule is CC1(C)c2ccccc2C2(c3ccccc3-c3ccc(-c4ccc(N(c5ccc(C6=c7oc8ccccc8c7=CCC6)cc5)c5ccc(-c6ccccc6)cc5)cc4)cc32)c2ccccc21. The lowest BCUT2D eigenvalue weighted by atomic mass is 9.55. The van der Waals surface area contributed by atoms with Gasteiger partial charge < -0.3 is 9.32 Å². The normalized spacial score (nSPS) is 14.7. The molecule has 1 spiro atoms. The molecule has 1 aromatic heterocycles. The van der Waals surface area contributed by atoms with Crippen molar-refractivity contribution in [1.82, 2.24) is 0 Å². The van der Waals surface area contributed by atoms with Crippen molar-refractivity contribution in [3.63, 3.8) is 0 Å². The molecule has 0 N–H and O–H groups in total. The smallest absolute Gasteiger partial charge is 0.138 e. The van der Waals surface area contributed by atoms with E-state index in [1.807, 2.05) is 0 Å². The van der Waals surface area contributed by atoms with Crippen LogP contribution >= 0.6 is 0 Å². The number of hydrogen-bond acceptors (Lipinski definition) is 2. The molecule has 0 bridgehead atoms. The number of fused-ring (bicyclic) bond motifs is 12. The maximum Gasteiger partial charge on any atom is 0.138 e. The number of para-hydroxylation sites is 1. The molecule has 0 fully saturated rings. The van der Waals surface area contributed by atoms with Crippen LogP contribution in [0.1, 0.15) is 65.6 Å². The van der Waals surface area contributed by atoms with Crippen LogP contribution in [0.15, 0.2) is 223 Å². The summed E-state index contributed by atoms with van der Waals surface area (Å²) in [5.41, 5.74) is 22.8. The average molecular weight is 846 g/mol. The summed E-state index contributed by atoms with van der Waals surface area (Å²) in [6.45, 7) is 4.77. The van der Waals surface area contributed by atoms with Gasteiger partial charge in [0.05, 0.1) is 5.41 Å². The van der Waals surface area contributed by atoms with Crippen LogP contribution in [0.25, 0.3) is 56.0 Å². The molecule has 3 aliphatic rings. The molecule has 0 amide bonds. The van der Waals surface area contributed by atoms with Crippen LogP contribution in [-0.2, 0) is 10.8 Å². The van der Waals surface area contributed by atoms with E-state index < -0.39 is 5.41 Å². The molecule has 0 atom stereocenters. The number of rotatable bonds is 6. The Morgan fingerprint density at radius 1 is 0.409 bits per heavy atom. The molecule has 2 nitrogen and oxygen atoms in total. The molecule has 0 saturated carbocycles. The van der Waals surface area contributed by atoms with Crippen molar-refractivity contribution in [3.8, 4) is 33.4 Å². The molecule has 3 aliphatic carbocycles. The lowest BCUT2D eigenvalue weighted by Gasteiger charge is -2.46. The molecule has 2 heteroatoms. The molecule has 0 unspecified atom stereocenters. The monoisotopic (exact) mass is 845 g/mol. The van der Waals surface area contributed by atoms with Gasteiger partial charge in [-0.2, -0.15) is 0 Å². The van der Waals surface area contributed by atoms with Gasteiger partial charge in [0.2, 0.25) is 0 Å². The maximum absolute atomic E-state index is 6.50. The van der Waals surface area contributed by atoms with Crippen LogP contribution in [0.4, 0.5) is 17.1 Å². The molecule has 1 heterocycles. The van der Waals surface area contributed by atoms with Crippen molar-refractivity contribution in [2.24, 2.45) is 0 Å². The standard InChI is InChI=1S/C64H47NO/c1-63(2)56-22-9-11-24-58(56)64(59-25-12-10-23-57(59)63)55-21-8-6-17-51(55)52-40-33-46(41-60(52)64)44-29-36-48(37-30-44)65(47-34-27-43(28-35-47)42-15-4-3-5-16-42)49-38-31-45(32-39-49)50-19-14-20-54-53-18-7-13-26-61(53)66-62(50)54/h3-13,15-18,20-41H,14,19H2,1-2H3. The second kappa shape index (κ2) is 14.8. The Balaban J connectivity index is 0.922. The van der Waals surface area contributed by atoms with Crippen LogP contribution in [0.5, 0.6) is 0 Å². The van der Waals surface area contributed by atoms with E-state index in [4.69, 9.17) is 4.42 Å². The summed E-state index contributed by atoms with van der Waals surface area (Å²) in [4.78, 5) is 2.38. The molecule has 314 valence electrons. The molecular formula is C64H47NO. The lowest BCUT2D eigenvalue weighted by Crippen LogP contribution is -2.40. The Morgan fingerprint density at radius 3 is 1.55 bits per heavy atom. The summed E-state index contributed by atoms with van der Waals surface area (Å²) in [7, 11) is 0. The fourth-order valence-electron chi connectivity index (χ4n) is 11.8. The summed E-state index contributed by atoms with van der Waals surface area (Å²) >= 11 is 0. The second-order valence-electron chi connectivity index (χ2n) is 18.7. The van der Waals surface area contributed by atoms with Crippen LogP contribution in [0, 0.1) is 0 Å². The van der Waals surface area contributed by atoms with Gasteiger partial charge >= 0.3 is 0 Å². The average Bonchev–Trinajstić information content (AvgIpc) is 3.91. The largest absolute Gasteiger partial charge is 0.456 e. The van der Waals surface area contributed by atoms with E-state index >= 15 is 0 Å². The minimum absolute atomic E-state index is 0.136. The lowest BCUT2D eigenvalue weighted by molar-refractivity contribution is 0.563. The van der Waals surface area contributed by atoms with Gasteiger partial charge in [0.1, 0.15) is 11.0 Å². The van der Waals surface area contributed by atoms with Gasteiger partial charge in [0.15, 0.2) is 0 Å². The van der Waals surface area contributed by atoms with Gasteiger partial charge in [0.25, 0.3) is 0 Å². The molecular weight excluding hydrogens is 799 g/mol. The van der Waals surface area contributed by atoms with Crippen LogP contribution in [-0.4, -0.2) is 0 Å². The second-order valence-corrected chi connectivity index (χ2v) is 18.7. The van der Waals surface area contributed by atoms with Crippen molar-refractivity contribution < 1.29 is 4.42 Å². The van der Waals surface area contributed by atoms with E-state index in [1.54, 1.807) is 0 Å². The Morgan fingerprint density at radius 2 is 0.894 bits per heavy atom. The molecule has 0 saturated heterocycles.